The van der Waals surface area contributed by atoms with Crippen LogP contribution in [0.5, 0.6) is 0 Å². The predicted octanol–water partition coefficient (Wildman–Crippen LogP) is 3.09. The van der Waals surface area contributed by atoms with E-state index in [0.29, 0.717) is 0 Å². The molecule has 3 rings (SSSR count). The molecular formula is C13H11F3N2O2. The van der Waals surface area contributed by atoms with Gasteiger partial charge < -0.3 is 9.67 Å². The van der Waals surface area contributed by atoms with Crippen LogP contribution in [-0.2, 0) is 5.54 Å². The second-order valence-electron chi connectivity index (χ2n) is 5.00. The van der Waals surface area contributed by atoms with E-state index in [-0.39, 0.29) is 35.3 Å². The van der Waals surface area contributed by atoms with Crippen molar-refractivity contribution in [1.82, 2.24) is 9.55 Å². The molecular weight excluding hydrogens is 273 g/mol. The highest BCUT2D eigenvalue weighted by molar-refractivity contribution is 6.01. The number of rotatable bonds is 2. The summed E-state index contributed by atoms with van der Waals surface area (Å²) in [6.45, 7) is 1.47. The topological polar surface area (TPSA) is 55.1 Å². The van der Waals surface area contributed by atoms with E-state index in [2.05, 4.69) is 4.98 Å². The Kier molecular flexibility index (Phi) is 2.42. The van der Waals surface area contributed by atoms with Crippen LogP contribution in [0.2, 0.25) is 0 Å². The summed E-state index contributed by atoms with van der Waals surface area (Å²) in [6.07, 6.45) is -4.37. The first-order valence-electron chi connectivity index (χ1n) is 6.06. The summed E-state index contributed by atoms with van der Waals surface area (Å²) >= 11 is 0. The number of hydrogen-bond donors (Lipinski definition) is 1. The van der Waals surface area contributed by atoms with Crippen LogP contribution in [0.25, 0.3) is 11.0 Å². The zero-order valence-corrected chi connectivity index (χ0v) is 10.5. The van der Waals surface area contributed by atoms with Gasteiger partial charge in [0.15, 0.2) is 0 Å². The maximum Gasteiger partial charge on any atom is 0.412 e. The van der Waals surface area contributed by atoms with E-state index in [1.165, 1.54) is 25.1 Å². The number of hydrogen-bond acceptors (Lipinski definition) is 2. The summed E-state index contributed by atoms with van der Waals surface area (Å²) in [5.74, 6) is -1.01. The van der Waals surface area contributed by atoms with Crippen LogP contribution in [-0.4, -0.2) is 26.8 Å². The Morgan fingerprint density at radius 2 is 2.05 bits per heavy atom. The number of fused-ring (bicyclic) bond motifs is 1. The number of imidazole rings is 1. The van der Waals surface area contributed by atoms with Crippen LogP contribution in [0, 0.1) is 6.92 Å². The molecule has 0 aliphatic heterocycles. The van der Waals surface area contributed by atoms with Gasteiger partial charge in [-0.15, -0.1) is 0 Å². The third kappa shape index (κ3) is 1.55. The number of halogens is 3. The van der Waals surface area contributed by atoms with Crippen LogP contribution in [0.4, 0.5) is 13.2 Å². The second kappa shape index (κ2) is 3.74. The number of nitrogens with zero attached hydrogens (tertiary/aromatic N) is 2. The molecule has 1 aliphatic rings. The monoisotopic (exact) mass is 284 g/mol. The number of alkyl halides is 3. The highest BCUT2D eigenvalue weighted by Gasteiger charge is 2.65. The molecule has 0 radical (unpaired) electrons. The third-order valence-corrected chi connectivity index (χ3v) is 3.76. The minimum absolute atomic E-state index is 0.0000983. The molecule has 0 bridgehead atoms. The van der Waals surface area contributed by atoms with Gasteiger partial charge in [0.25, 0.3) is 0 Å². The van der Waals surface area contributed by atoms with Gasteiger partial charge in [0.05, 0.1) is 11.1 Å². The SMILES string of the molecule is Cc1nc2c(C(=O)O)cccc2n1C1(C(F)(F)F)CC1. The second-order valence-corrected chi connectivity index (χ2v) is 5.00. The van der Waals surface area contributed by atoms with Gasteiger partial charge in [0.1, 0.15) is 16.9 Å². The lowest BCUT2D eigenvalue weighted by molar-refractivity contribution is -0.179. The Balaban J connectivity index is 2.31. The van der Waals surface area contributed by atoms with Gasteiger partial charge in [0.2, 0.25) is 0 Å². The van der Waals surface area contributed by atoms with Crippen molar-refractivity contribution in [1.29, 1.82) is 0 Å². The number of para-hydroxylation sites is 1. The summed E-state index contributed by atoms with van der Waals surface area (Å²) in [5.41, 5.74) is -1.68. The number of aromatic nitrogens is 2. The largest absolute Gasteiger partial charge is 0.478 e. The third-order valence-electron chi connectivity index (χ3n) is 3.76. The minimum Gasteiger partial charge on any atom is -0.478 e. The predicted molar refractivity (Wildman–Crippen MR) is 64.7 cm³/mol. The van der Waals surface area contributed by atoms with Gasteiger partial charge in [-0.25, -0.2) is 9.78 Å². The molecule has 1 aromatic heterocycles. The maximum atomic E-state index is 13.3. The number of carboxylic acid groups (broad SMARTS) is 1. The fraction of sp³-hybridized carbons (Fsp3) is 0.385. The van der Waals surface area contributed by atoms with Crippen LogP contribution < -0.4 is 0 Å². The first-order valence-corrected chi connectivity index (χ1v) is 6.06. The van der Waals surface area contributed by atoms with E-state index >= 15 is 0 Å². The Morgan fingerprint density at radius 1 is 1.40 bits per heavy atom. The molecule has 1 aliphatic carbocycles. The minimum atomic E-state index is -4.37. The van der Waals surface area contributed by atoms with E-state index in [4.69, 9.17) is 5.11 Å². The first-order chi connectivity index (χ1) is 9.28. The van der Waals surface area contributed by atoms with E-state index in [1.54, 1.807) is 0 Å². The summed E-state index contributed by atoms with van der Waals surface area (Å²) in [6, 6.07) is 4.26. The molecule has 106 valence electrons. The fourth-order valence-electron chi connectivity index (χ4n) is 2.68. The lowest BCUT2D eigenvalue weighted by Crippen LogP contribution is -2.35. The molecule has 1 heterocycles. The molecule has 0 unspecified atom stereocenters. The normalized spacial score (nSPS) is 17.4. The van der Waals surface area contributed by atoms with Gasteiger partial charge in [-0.1, -0.05) is 6.07 Å². The van der Waals surface area contributed by atoms with E-state index in [9.17, 15) is 18.0 Å². The van der Waals surface area contributed by atoms with Crippen molar-refractivity contribution in [2.75, 3.05) is 0 Å². The summed E-state index contributed by atoms with van der Waals surface area (Å²) < 4.78 is 40.9. The molecule has 7 heteroatoms. The zero-order chi connectivity index (χ0) is 14.7. The number of aromatic carboxylic acids is 1. The molecule has 20 heavy (non-hydrogen) atoms. The molecule has 0 amide bonds. The Morgan fingerprint density at radius 3 is 2.55 bits per heavy atom. The molecule has 1 N–H and O–H groups in total. The van der Waals surface area contributed by atoms with Crippen molar-refractivity contribution in [2.45, 2.75) is 31.5 Å². The van der Waals surface area contributed by atoms with Crippen molar-refractivity contribution in [2.24, 2.45) is 0 Å². The lowest BCUT2D eigenvalue weighted by Gasteiger charge is -2.23. The lowest BCUT2D eigenvalue weighted by atomic mass is 10.1. The Labute approximate surface area is 111 Å². The van der Waals surface area contributed by atoms with Gasteiger partial charge in [0, 0.05) is 0 Å². The molecule has 4 nitrogen and oxygen atoms in total. The number of aryl methyl sites for hydroxylation is 1. The number of carboxylic acids is 1. The zero-order valence-electron chi connectivity index (χ0n) is 10.5. The van der Waals surface area contributed by atoms with Crippen LogP contribution in [0.15, 0.2) is 18.2 Å². The molecule has 0 atom stereocenters. The smallest absolute Gasteiger partial charge is 0.412 e. The van der Waals surface area contributed by atoms with Crippen molar-refractivity contribution in [3.63, 3.8) is 0 Å². The van der Waals surface area contributed by atoms with Crippen LogP contribution >= 0.6 is 0 Å². The molecule has 1 fully saturated rings. The molecule has 1 saturated carbocycles. The van der Waals surface area contributed by atoms with Crippen molar-refractivity contribution in [3.8, 4) is 0 Å². The van der Waals surface area contributed by atoms with Crippen molar-refractivity contribution in [3.05, 3.63) is 29.6 Å². The highest BCUT2D eigenvalue weighted by atomic mass is 19.4. The van der Waals surface area contributed by atoms with Gasteiger partial charge >= 0.3 is 12.1 Å². The van der Waals surface area contributed by atoms with Crippen LogP contribution in [0.1, 0.15) is 29.0 Å². The molecule has 1 aromatic carbocycles. The van der Waals surface area contributed by atoms with Gasteiger partial charge in [-0.05, 0) is 31.9 Å². The van der Waals surface area contributed by atoms with Crippen molar-refractivity contribution < 1.29 is 23.1 Å². The van der Waals surface area contributed by atoms with E-state index in [1.807, 2.05) is 0 Å². The van der Waals surface area contributed by atoms with E-state index in [0.717, 1.165) is 4.57 Å². The Hall–Kier alpha value is -2.05. The molecule has 0 saturated heterocycles. The summed E-state index contributed by atoms with van der Waals surface area (Å²) in [5, 5.41) is 9.09. The standard InChI is InChI=1S/C13H11F3N2O2/c1-7-17-10-8(11(19)20)3-2-4-9(10)18(7)12(5-6-12)13(14,15)16/h2-4H,5-6H2,1H3,(H,19,20). The highest BCUT2D eigenvalue weighted by Crippen LogP contribution is 2.56. The first kappa shape index (κ1) is 13.0. The quantitative estimate of drug-likeness (QED) is 0.922. The molecule has 2 aromatic rings. The van der Waals surface area contributed by atoms with E-state index < -0.39 is 17.7 Å². The number of benzene rings is 1. The van der Waals surface area contributed by atoms with Gasteiger partial charge in [-0.3, -0.25) is 0 Å². The maximum absolute atomic E-state index is 13.3. The van der Waals surface area contributed by atoms with Gasteiger partial charge in [-0.2, -0.15) is 13.2 Å². The average molecular weight is 284 g/mol. The van der Waals surface area contributed by atoms with Crippen LogP contribution in [0.3, 0.4) is 0 Å². The average Bonchev–Trinajstić information content (AvgIpc) is 3.06. The van der Waals surface area contributed by atoms with Crippen molar-refractivity contribution >= 4 is 17.0 Å². The summed E-state index contributed by atoms with van der Waals surface area (Å²) in [4.78, 5) is 15.2. The summed E-state index contributed by atoms with van der Waals surface area (Å²) in [7, 11) is 0. The Bertz CT molecular complexity index is 714. The number of carbonyl (C=O) groups is 1. The molecule has 0 spiro atoms. The fourth-order valence-corrected chi connectivity index (χ4v) is 2.68.